The van der Waals surface area contributed by atoms with Crippen molar-refractivity contribution in [2.45, 2.75) is 51.4 Å². The molecule has 1 heterocycles. The molecule has 1 fully saturated rings. The maximum atomic E-state index is 13.0. The van der Waals surface area contributed by atoms with Crippen LogP contribution in [0.3, 0.4) is 0 Å². The number of nitrogens with one attached hydrogen (secondary N) is 1. The Morgan fingerprint density at radius 2 is 2.00 bits per heavy atom. The van der Waals surface area contributed by atoms with E-state index in [9.17, 15) is 4.39 Å². The van der Waals surface area contributed by atoms with Gasteiger partial charge in [0.15, 0.2) is 0 Å². The molecule has 1 aromatic rings. The van der Waals surface area contributed by atoms with Crippen LogP contribution in [0.25, 0.3) is 0 Å². The van der Waals surface area contributed by atoms with Gasteiger partial charge in [-0.05, 0) is 57.4 Å². The summed E-state index contributed by atoms with van der Waals surface area (Å²) in [7, 11) is 0. The largest absolute Gasteiger partial charge is 0.375 e. The molecule has 1 aliphatic rings. The van der Waals surface area contributed by atoms with E-state index in [1.807, 2.05) is 6.07 Å². The Balaban J connectivity index is 1.75. The molecule has 0 saturated carbocycles. The zero-order chi connectivity index (χ0) is 13.0. The Kier molecular flexibility index (Phi) is 4.72. The van der Waals surface area contributed by atoms with E-state index < -0.39 is 0 Å². The zero-order valence-corrected chi connectivity index (χ0v) is 11.2. The molecule has 0 aliphatic carbocycles. The van der Waals surface area contributed by atoms with Crippen LogP contribution in [0.1, 0.15) is 32.3 Å². The van der Waals surface area contributed by atoms with Crippen LogP contribution in [0.15, 0.2) is 24.3 Å². The first-order valence-electron chi connectivity index (χ1n) is 6.77. The second kappa shape index (κ2) is 6.30. The molecule has 0 spiro atoms. The molecule has 100 valence electrons. The summed E-state index contributed by atoms with van der Waals surface area (Å²) in [6.07, 6.45) is 3.67. The van der Waals surface area contributed by atoms with Gasteiger partial charge in [0.2, 0.25) is 0 Å². The Labute approximate surface area is 109 Å². The molecule has 3 heteroatoms. The number of benzene rings is 1. The smallest absolute Gasteiger partial charge is 0.123 e. The van der Waals surface area contributed by atoms with Crippen molar-refractivity contribution in [2.24, 2.45) is 0 Å². The van der Waals surface area contributed by atoms with Crippen molar-refractivity contribution in [3.05, 3.63) is 35.6 Å². The van der Waals surface area contributed by atoms with Gasteiger partial charge in [0.25, 0.3) is 0 Å². The van der Waals surface area contributed by atoms with Crippen molar-refractivity contribution >= 4 is 0 Å². The fraction of sp³-hybridized carbons (Fsp3) is 0.600. The Morgan fingerprint density at radius 3 is 2.67 bits per heavy atom. The molecule has 1 aromatic carbocycles. The van der Waals surface area contributed by atoms with Crippen LogP contribution in [0.2, 0.25) is 0 Å². The molecule has 0 amide bonds. The third-order valence-electron chi connectivity index (χ3n) is 3.43. The Bertz CT molecular complexity index is 373. The predicted octanol–water partition coefficient (Wildman–Crippen LogP) is 2.91. The van der Waals surface area contributed by atoms with Crippen molar-refractivity contribution in [1.82, 2.24) is 5.32 Å². The third kappa shape index (κ3) is 4.07. The molecular weight excluding hydrogens is 229 g/mol. The van der Waals surface area contributed by atoms with Crippen molar-refractivity contribution < 1.29 is 9.13 Å². The summed E-state index contributed by atoms with van der Waals surface area (Å²) >= 11 is 0. The average molecular weight is 251 g/mol. The highest BCUT2D eigenvalue weighted by Gasteiger charge is 2.23. The summed E-state index contributed by atoms with van der Waals surface area (Å²) in [5.74, 6) is -0.152. The molecule has 2 atom stereocenters. The number of rotatable bonds is 4. The van der Waals surface area contributed by atoms with Gasteiger partial charge in [-0.15, -0.1) is 0 Å². The lowest BCUT2D eigenvalue weighted by Gasteiger charge is -2.32. The third-order valence-corrected chi connectivity index (χ3v) is 3.43. The van der Waals surface area contributed by atoms with E-state index in [0.29, 0.717) is 18.2 Å². The lowest BCUT2D eigenvalue weighted by molar-refractivity contribution is -0.0419. The summed E-state index contributed by atoms with van der Waals surface area (Å²) in [5, 5.41) is 3.55. The molecule has 2 unspecified atom stereocenters. The maximum Gasteiger partial charge on any atom is 0.123 e. The standard InChI is InChI=1S/C15H22FNO/c1-11-8-15(9-12(2)18-11)17-7-6-13-4-3-5-14(16)10-13/h3-5,10-12,15,17H,6-9H2,1-2H3. The molecule has 0 bridgehead atoms. The highest BCUT2D eigenvalue weighted by molar-refractivity contribution is 5.16. The van der Waals surface area contributed by atoms with E-state index in [1.54, 1.807) is 12.1 Å². The van der Waals surface area contributed by atoms with Crippen LogP contribution in [0.4, 0.5) is 4.39 Å². The molecule has 2 rings (SSSR count). The van der Waals surface area contributed by atoms with Gasteiger partial charge >= 0.3 is 0 Å². The highest BCUT2D eigenvalue weighted by atomic mass is 19.1. The highest BCUT2D eigenvalue weighted by Crippen LogP contribution is 2.18. The van der Waals surface area contributed by atoms with Gasteiger partial charge in [-0.25, -0.2) is 4.39 Å². The SMILES string of the molecule is CC1CC(NCCc2cccc(F)c2)CC(C)O1. The monoisotopic (exact) mass is 251 g/mol. The summed E-state index contributed by atoms with van der Waals surface area (Å²) < 4.78 is 18.7. The topological polar surface area (TPSA) is 21.3 Å². The lowest BCUT2D eigenvalue weighted by Crippen LogP contribution is -2.41. The zero-order valence-electron chi connectivity index (χ0n) is 11.2. The summed E-state index contributed by atoms with van der Waals surface area (Å²) in [6.45, 7) is 5.14. The molecule has 2 nitrogen and oxygen atoms in total. The van der Waals surface area contributed by atoms with E-state index in [4.69, 9.17) is 4.74 Å². The van der Waals surface area contributed by atoms with Crippen LogP contribution in [0.5, 0.6) is 0 Å². The Hall–Kier alpha value is -0.930. The second-order valence-electron chi connectivity index (χ2n) is 5.26. The summed E-state index contributed by atoms with van der Waals surface area (Å²) in [6, 6.07) is 7.36. The predicted molar refractivity (Wildman–Crippen MR) is 71.1 cm³/mol. The van der Waals surface area contributed by atoms with Gasteiger partial charge in [0, 0.05) is 6.04 Å². The number of ether oxygens (including phenoxy) is 1. The molecule has 1 N–H and O–H groups in total. The van der Waals surface area contributed by atoms with Crippen LogP contribution in [0, 0.1) is 5.82 Å². The van der Waals surface area contributed by atoms with Crippen LogP contribution >= 0.6 is 0 Å². The van der Waals surface area contributed by atoms with Crippen LogP contribution in [-0.2, 0) is 11.2 Å². The van der Waals surface area contributed by atoms with Gasteiger partial charge in [-0.2, -0.15) is 0 Å². The normalized spacial score (nSPS) is 28.3. The van der Waals surface area contributed by atoms with Crippen molar-refractivity contribution in [1.29, 1.82) is 0 Å². The number of hydrogen-bond donors (Lipinski definition) is 1. The minimum Gasteiger partial charge on any atom is -0.375 e. The molecule has 1 aliphatic heterocycles. The van der Waals surface area contributed by atoms with Crippen molar-refractivity contribution in [2.75, 3.05) is 6.54 Å². The van der Waals surface area contributed by atoms with Gasteiger partial charge in [0.1, 0.15) is 5.82 Å². The molecule has 0 aromatic heterocycles. The van der Waals surface area contributed by atoms with E-state index >= 15 is 0 Å². The van der Waals surface area contributed by atoms with Crippen LogP contribution < -0.4 is 5.32 Å². The van der Waals surface area contributed by atoms with E-state index in [-0.39, 0.29) is 5.82 Å². The minimum absolute atomic E-state index is 0.152. The van der Waals surface area contributed by atoms with E-state index in [2.05, 4.69) is 19.2 Å². The van der Waals surface area contributed by atoms with Crippen molar-refractivity contribution in [3.8, 4) is 0 Å². The summed E-state index contributed by atoms with van der Waals surface area (Å²) in [5.41, 5.74) is 1.05. The molecule has 1 saturated heterocycles. The minimum atomic E-state index is -0.152. The molecule has 18 heavy (non-hydrogen) atoms. The molecular formula is C15H22FNO. The van der Waals surface area contributed by atoms with E-state index in [1.165, 1.54) is 6.07 Å². The number of hydrogen-bond acceptors (Lipinski definition) is 2. The van der Waals surface area contributed by atoms with Crippen molar-refractivity contribution in [3.63, 3.8) is 0 Å². The first-order valence-corrected chi connectivity index (χ1v) is 6.77. The van der Waals surface area contributed by atoms with E-state index in [0.717, 1.165) is 31.4 Å². The molecule has 0 radical (unpaired) electrons. The fourth-order valence-corrected chi connectivity index (χ4v) is 2.69. The second-order valence-corrected chi connectivity index (χ2v) is 5.26. The van der Waals surface area contributed by atoms with Gasteiger partial charge in [-0.1, -0.05) is 12.1 Å². The van der Waals surface area contributed by atoms with Gasteiger partial charge in [0.05, 0.1) is 12.2 Å². The van der Waals surface area contributed by atoms with Gasteiger partial charge < -0.3 is 10.1 Å². The average Bonchev–Trinajstić information content (AvgIpc) is 2.27. The summed E-state index contributed by atoms with van der Waals surface area (Å²) in [4.78, 5) is 0. The lowest BCUT2D eigenvalue weighted by atomic mass is 9.99. The maximum absolute atomic E-state index is 13.0. The first kappa shape index (κ1) is 13.5. The fourth-order valence-electron chi connectivity index (χ4n) is 2.69. The Morgan fingerprint density at radius 1 is 1.28 bits per heavy atom. The van der Waals surface area contributed by atoms with Crippen LogP contribution in [-0.4, -0.2) is 24.8 Å². The van der Waals surface area contributed by atoms with Gasteiger partial charge in [-0.3, -0.25) is 0 Å². The first-order chi connectivity index (χ1) is 8.63. The number of halogens is 1. The quantitative estimate of drug-likeness (QED) is 0.888.